The minimum Gasteiger partial charge on any atom is -0.462 e. The van der Waals surface area contributed by atoms with Crippen LogP contribution in [0, 0.1) is 0 Å². The Hall–Kier alpha value is -2.77. The number of allylic oxidation sites excluding steroid dienone is 2. The Balaban J connectivity index is 2.22. The van der Waals surface area contributed by atoms with E-state index in [-0.39, 0.29) is 30.2 Å². The van der Waals surface area contributed by atoms with Crippen LogP contribution < -0.4 is 5.32 Å². The van der Waals surface area contributed by atoms with Crippen molar-refractivity contribution in [3.8, 4) is 0 Å². The summed E-state index contributed by atoms with van der Waals surface area (Å²) in [5.74, 6) is -0.318. The van der Waals surface area contributed by atoms with Crippen LogP contribution in [0.15, 0.2) is 36.7 Å². The van der Waals surface area contributed by atoms with Gasteiger partial charge in [-0.15, -0.1) is 0 Å². The molecule has 0 aromatic heterocycles. The second kappa shape index (κ2) is 35.3. The van der Waals surface area contributed by atoms with Crippen molar-refractivity contribution in [3.63, 3.8) is 0 Å². The average Bonchev–Trinajstić information content (AvgIpc) is 3.54. The molecule has 1 N–H and O–H groups in total. The number of nitrogens with one attached hydrogen (secondary N) is 1. The molecule has 0 bridgehead atoms. The molecule has 2 unspecified atom stereocenters. The van der Waals surface area contributed by atoms with Crippen molar-refractivity contribution in [2.45, 2.75) is 206 Å². The summed E-state index contributed by atoms with van der Waals surface area (Å²) in [6.45, 7) is 8.14. The number of unbranched alkanes of at least 4 members (excludes halogenated alkanes) is 17. The summed E-state index contributed by atoms with van der Waals surface area (Å²) in [6.07, 6.45) is 39.8. The second-order valence-corrected chi connectivity index (χ2v) is 14.6. The SMILES string of the molecule is CCCCCC/C=C\COC(=O)CCCCCCCC(CCCCCCCC(=O)OC/C=C\CCCCCCC)OC(=O)CCCN1C=CNC1C. The molecule has 0 aromatic rings. The molecule has 0 aliphatic carbocycles. The Morgan fingerprint density at radius 3 is 1.58 bits per heavy atom. The van der Waals surface area contributed by atoms with Crippen molar-refractivity contribution >= 4 is 17.9 Å². The first-order valence-corrected chi connectivity index (χ1v) is 21.4. The quantitative estimate of drug-likeness (QED) is 0.0295. The molecule has 52 heavy (non-hydrogen) atoms. The van der Waals surface area contributed by atoms with Crippen molar-refractivity contribution in [1.82, 2.24) is 10.2 Å². The first kappa shape index (κ1) is 47.3. The van der Waals surface area contributed by atoms with E-state index in [1.165, 1.54) is 57.8 Å². The number of hydrogen-bond donors (Lipinski definition) is 1. The Morgan fingerprint density at radius 2 is 1.06 bits per heavy atom. The van der Waals surface area contributed by atoms with Gasteiger partial charge in [0.05, 0.1) is 6.17 Å². The summed E-state index contributed by atoms with van der Waals surface area (Å²) in [6, 6.07) is 0. The van der Waals surface area contributed by atoms with Gasteiger partial charge >= 0.3 is 17.9 Å². The van der Waals surface area contributed by atoms with E-state index in [0.717, 1.165) is 103 Å². The van der Waals surface area contributed by atoms with Gasteiger partial charge in [-0.2, -0.15) is 0 Å². The van der Waals surface area contributed by atoms with Crippen LogP contribution in [0.1, 0.15) is 194 Å². The summed E-state index contributed by atoms with van der Waals surface area (Å²) < 4.78 is 16.7. The van der Waals surface area contributed by atoms with Crippen LogP contribution in [0.2, 0.25) is 0 Å². The number of esters is 3. The number of nitrogens with zero attached hydrogens (tertiary/aromatic N) is 1. The molecule has 8 heteroatoms. The predicted octanol–water partition coefficient (Wildman–Crippen LogP) is 11.4. The standard InChI is InChI=1S/C44H78N2O6/c1-4-6-8-10-12-14-22-28-39-51-43(48)33-26-20-16-18-24-31-41(52-44(49)34-29-36-46-37-35-45-40(46)3)30-23-17-15-19-25-32-42(47)50-38-27-21-13-11-9-7-5-2/h21-22,27-28,35,37,40-41,45H,4-20,23-26,29-34,36,38-39H2,1-3H3/b27-21-,28-22-. The van der Waals surface area contributed by atoms with Gasteiger partial charge in [0.1, 0.15) is 19.3 Å². The number of ether oxygens (including phenoxy) is 3. The molecule has 0 amide bonds. The highest BCUT2D eigenvalue weighted by molar-refractivity contribution is 5.70. The third kappa shape index (κ3) is 29.8. The zero-order chi connectivity index (χ0) is 37.7. The normalized spacial score (nSPS) is 14.7. The molecule has 1 aliphatic heterocycles. The average molecular weight is 731 g/mol. The molecule has 0 saturated heterocycles. The van der Waals surface area contributed by atoms with Crippen LogP contribution in [0.3, 0.4) is 0 Å². The van der Waals surface area contributed by atoms with Crippen LogP contribution in [-0.2, 0) is 28.6 Å². The lowest BCUT2D eigenvalue weighted by molar-refractivity contribution is -0.150. The van der Waals surface area contributed by atoms with E-state index in [1.54, 1.807) is 0 Å². The molecule has 300 valence electrons. The Labute approximate surface area is 318 Å². The molecular formula is C44H78N2O6. The lowest BCUT2D eigenvalue weighted by Crippen LogP contribution is -2.33. The zero-order valence-corrected chi connectivity index (χ0v) is 33.7. The van der Waals surface area contributed by atoms with E-state index in [4.69, 9.17) is 14.2 Å². The fraction of sp³-hybridized carbons (Fsp3) is 0.795. The van der Waals surface area contributed by atoms with E-state index in [1.807, 2.05) is 24.6 Å². The summed E-state index contributed by atoms with van der Waals surface area (Å²) in [4.78, 5) is 39.1. The molecule has 0 radical (unpaired) electrons. The molecule has 1 aliphatic rings. The van der Waals surface area contributed by atoms with Crippen LogP contribution >= 0.6 is 0 Å². The lowest BCUT2D eigenvalue weighted by atomic mass is 10.0. The maximum absolute atomic E-state index is 12.8. The van der Waals surface area contributed by atoms with Crippen LogP contribution in [-0.4, -0.2) is 54.8 Å². The van der Waals surface area contributed by atoms with Gasteiger partial charge in [0.2, 0.25) is 0 Å². The second-order valence-electron chi connectivity index (χ2n) is 14.6. The van der Waals surface area contributed by atoms with Crippen molar-refractivity contribution in [2.75, 3.05) is 19.8 Å². The maximum Gasteiger partial charge on any atom is 0.306 e. The summed E-state index contributed by atoms with van der Waals surface area (Å²) in [7, 11) is 0. The maximum atomic E-state index is 12.8. The fourth-order valence-corrected chi connectivity index (χ4v) is 6.38. The summed E-state index contributed by atoms with van der Waals surface area (Å²) in [5, 5.41) is 3.25. The van der Waals surface area contributed by atoms with E-state index in [0.29, 0.717) is 32.5 Å². The summed E-state index contributed by atoms with van der Waals surface area (Å²) >= 11 is 0. The van der Waals surface area contributed by atoms with Crippen molar-refractivity contribution in [3.05, 3.63) is 36.7 Å². The zero-order valence-electron chi connectivity index (χ0n) is 33.7. The van der Waals surface area contributed by atoms with Gasteiger partial charge in [0.25, 0.3) is 0 Å². The van der Waals surface area contributed by atoms with Gasteiger partial charge in [-0.25, -0.2) is 0 Å². The first-order chi connectivity index (χ1) is 25.5. The highest BCUT2D eigenvalue weighted by atomic mass is 16.5. The molecule has 0 saturated carbocycles. The number of hydrogen-bond acceptors (Lipinski definition) is 8. The van der Waals surface area contributed by atoms with E-state index in [9.17, 15) is 14.4 Å². The topological polar surface area (TPSA) is 94.2 Å². The van der Waals surface area contributed by atoms with Crippen LogP contribution in [0.5, 0.6) is 0 Å². The first-order valence-electron chi connectivity index (χ1n) is 21.4. The highest BCUT2D eigenvalue weighted by Crippen LogP contribution is 2.18. The third-order valence-corrected chi connectivity index (χ3v) is 9.72. The third-order valence-electron chi connectivity index (χ3n) is 9.72. The Bertz CT molecular complexity index is 964. The van der Waals surface area contributed by atoms with E-state index >= 15 is 0 Å². The Morgan fingerprint density at radius 1 is 0.596 bits per heavy atom. The lowest BCUT2D eigenvalue weighted by Gasteiger charge is -2.22. The Kier molecular flexibility index (Phi) is 32.0. The van der Waals surface area contributed by atoms with Gasteiger partial charge in [-0.1, -0.05) is 122 Å². The van der Waals surface area contributed by atoms with Crippen molar-refractivity contribution in [2.24, 2.45) is 0 Å². The molecule has 0 fully saturated rings. The van der Waals surface area contributed by atoms with E-state index in [2.05, 4.69) is 43.1 Å². The summed E-state index contributed by atoms with van der Waals surface area (Å²) in [5.41, 5.74) is 0. The fourth-order valence-electron chi connectivity index (χ4n) is 6.38. The van der Waals surface area contributed by atoms with Gasteiger partial charge < -0.3 is 24.4 Å². The largest absolute Gasteiger partial charge is 0.462 e. The molecule has 0 aromatic carbocycles. The van der Waals surface area contributed by atoms with Gasteiger partial charge in [0, 0.05) is 38.2 Å². The monoisotopic (exact) mass is 731 g/mol. The number of carbonyl (C=O) groups is 3. The van der Waals surface area contributed by atoms with Crippen molar-refractivity contribution < 1.29 is 28.6 Å². The van der Waals surface area contributed by atoms with Gasteiger partial charge in [-0.3, -0.25) is 14.4 Å². The smallest absolute Gasteiger partial charge is 0.306 e. The molecule has 1 rings (SSSR count). The minimum atomic E-state index is -0.111. The van der Waals surface area contributed by atoms with Crippen molar-refractivity contribution in [1.29, 1.82) is 0 Å². The minimum absolute atomic E-state index is 0.0474. The molecule has 0 spiro atoms. The van der Waals surface area contributed by atoms with Crippen LogP contribution in [0.25, 0.3) is 0 Å². The highest BCUT2D eigenvalue weighted by Gasteiger charge is 2.17. The molecule has 2 atom stereocenters. The van der Waals surface area contributed by atoms with E-state index < -0.39 is 0 Å². The molecule has 1 heterocycles. The predicted molar refractivity (Wildman–Crippen MR) is 215 cm³/mol. The van der Waals surface area contributed by atoms with Crippen LogP contribution in [0.4, 0.5) is 0 Å². The number of rotatable bonds is 36. The molecule has 8 nitrogen and oxygen atoms in total. The van der Waals surface area contributed by atoms with Gasteiger partial charge in [-0.05, 0) is 77.6 Å². The van der Waals surface area contributed by atoms with Gasteiger partial charge in [0.15, 0.2) is 0 Å². The molecular weight excluding hydrogens is 652 g/mol. The number of carbonyl (C=O) groups excluding carboxylic acids is 3.